The number of fused-ring (bicyclic) bond motifs is 1. The van der Waals surface area contributed by atoms with Crippen LogP contribution in [0.4, 0.5) is 5.69 Å². The van der Waals surface area contributed by atoms with Crippen molar-refractivity contribution in [3.63, 3.8) is 0 Å². The molecule has 1 amide bonds. The molecule has 0 radical (unpaired) electrons. The van der Waals surface area contributed by atoms with E-state index >= 15 is 0 Å². The molecule has 0 aliphatic rings. The van der Waals surface area contributed by atoms with E-state index in [1.54, 1.807) is 17.5 Å². The van der Waals surface area contributed by atoms with Crippen molar-refractivity contribution in [2.24, 2.45) is 5.41 Å². The quantitative estimate of drug-likeness (QED) is 0.731. The molecule has 0 bridgehead atoms. The fourth-order valence-corrected chi connectivity index (χ4v) is 3.55. The molecule has 23 heavy (non-hydrogen) atoms. The number of anilines is 1. The molecule has 118 valence electrons. The number of thiophene rings is 1. The van der Waals surface area contributed by atoms with Gasteiger partial charge in [-0.05, 0) is 28.5 Å². The maximum Gasteiger partial charge on any atom is 0.232 e. The minimum atomic E-state index is -0.220. The van der Waals surface area contributed by atoms with Crippen LogP contribution in [0.1, 0.15) is 32.3 Å². The van der Waals surface area contributed by atoms with E-state index in [-0.39, 0.29) is 17.2 Å². The van der Waals surface area contributed by atoms with Gasteiger partial charge in [-0.2, -0.15) is 0 Å². The van der Waals surface area contributed by atoms with Gasteiger partial charge in [0.15, 0.2) is 0 Å². The first-order valence-electron chi connectivity index (χ1n) is 7.64. The maximum atomic E-state index is 12.9. The molecule has 2 heterocycles. The maximum absolute atomic E-state index is 12.9. The molecule has 3 rings (SSSR count). The van der Waals surface area contributed by atoms with Crippen LogP contribution in [0.3, 0.4) is 0 Å². The van der Waals surface area contributed by atoms with Crippen LogP contribution >= 0.6 is 11.3 Å². The number of pyridine rings is 1. The summed E-state index contributed by atoms with van der Waals surface area (Å²) in [5, 5.41) is 6.09. The third kappa shape index (κ3) is 3.42. The number of amides is 1. The molecule has 2 aromatic heterocycles. The van der Waals surface area contributed by atoms with E-state index in [1.165, 1.54) is 0 Å². The molecule has 1 aromatic carbocycles. The van der Waals surface area contributed by atoms with Gasteiger partial charge in [-0.3, -0.25) is 4.79 Å². The molecule has 0 aliphatic heterocycles. The summed E-state index contributed by atoms with van der Waals surface area (Å²) in [5.41, 5.74) is 1.60. The highest BCUT2D eigenvalue weighted by atomic mass is 32.1. The van der Waals surface area contributed by atoms with Crippen molar-refractivity contribution >= 4 is 33.1 Å². The minimum absolute atomic E-state index is 0.0000737. The number of carbonyl (C=O) groups excluding carboxylic acids is 1. The normalized spacial score (nSPS) is 13.0. The Morgan fingerprint density at radius 1 is 1.17 bits per heavy atom. The van der Waals surface area contributed by atoms with Crippen LogP contribution in [-0.4, -0.2) is 10.9 Å². The number of nitrogens with one attached hydrogen (secondary N) is 1. The molecule has 0 saturated carbocycles. The summed E-state index contributed by atoms with van der Waals surface area (Å²) in [6.07, 6.45) is 1.72. The van der Waals surface area contributed by atoms with Gasteiger partial charge in [0.25, 0.3) is 0 Å². The predicted molar refractivity (Wildman–Crippen MR) is 96.9 cm³/mol. The van der Waals surface area contributed by atoms with Gasteiger partial charge < -0.3 is 5.32 Å². The summed E-state index contributed by atoms with van der Waals surface area (Å²) in [7, 11) is 0. The summed E-state index contributed by atoms with van der Waals surface area (Å²) in [6.45, 7) is 6.26. The zero-order valence-electron chi connectivity index (χ0n) is 13.5. The molecule has 1 atom stereocenters. The molecular formula is C19H20N2OS. The van der Waals surface area contributed by atoms with Crippen LogP contribution in [0.25, 0.3) is 10.2 Å². The van der Waals surface area contributed by atoms with Crippen LogP contribution in [0.15, 0.2) is 54.0 Å². The molecule has 0 saturated heterocycles. The monoisotopic (exact) mass is 324 g/mol. The molecule has 3 aromatic rings. The number of carbonyl (C=O) groups is 1. The molecule has 1 unspecified atom stereocenters. The Morgan fingerprint density at radius 3 is 2.61 bits per heavy atom. The average Bonchev–Trinajstić information content (AvgIpc) is 2.94. The zero-order valence-corrected chi connectivity index (χ0v) is 14.4. The predicted octanol–water partition coefficient (Wildman–Crippen LogP) is 5.06. The van der Waals surface area contributed by atoms with Gasteiger partial charge >= 0.3 is 0 Å². The highest BCUT2D eigenvalue weighted by Crippen LogP contribution is 2.36. The minimum Gasteiger partial charge on any atom is -0.324 e. The smallest absolute Gasteiger partial charge is 0.232 e. The van der Waals surface area contributed by atoms with Crippen molar-refractivity contribution in [2.75, 3.05) is 5.32 Å². The first kappa shape index (κ1) is 15.7. The molecule has 0 aliphatic carbocycles. The summed E-state index contributed by atoms with van der Waals surface area (Å²) < 4.78 is 0. The SMILES string of the molecule is CC(C)(C)C(C(=O)Nc1cnc2sccc2c1)c1ccccc1. The van der Waals surface area contributed by atoms with Gasteiger partial charge in [-0.25, -0.2) is 4.98 Å². The number of hydrogen-bond acceptors (Lipinski definition) is 3. The summed E-state index contributed by atoms with van der Waals surface area (Å²) in [4.78, 5) is 18.3. The molecular weight excluding hydrogens is 304 g/mol. The summed E-state index contributed by atoms with van der Waals surface area (Å²) in [5.74, 6) is -0.220. The van der Waals surface area contributed by atoms with E-state index in [1.807, 2.05) is 47.8 Å². The van der Waals surface area contributed by atoms with E-state index in [9.17, 15) is 4.79 Å². The standard InChI is InChI=1S/C19H20N2OS/c1-19(2,3)16(13-7-5-4-6-8-13)17(22)21-15-11-14-9-10-23-18(14)20-12-15/h4-12,16H,1-3H3,(H,21,22). The number of hydrogen-bond donors (Lipinski definition) is 1. The van der Waals surface area contributed by atoms with Crippen molar-refractivity contribution < 1.29 is 4.79 Å². The van der Waals surface area contributed by atoms with Gasteiger partial charge in [0.05, 0.1) is 17.8 Å². The van der Waals surface area contributed by atoms with Gasteiger partial charge in [0, 0.05) is 5.39 Å². The van der Waals surface area contributed by atoms with Gasteiger partial charge in [0.1, 0.15) is 4.83 Å². The average molecular weight is 324 g/mol. The second kappa shape index (κ2) is 6.13. The van der Waals surface area contributed by atoms with Gasteiger partial charge in [0.2, 0.25) is 5.91 Å². The van der Waals surface area contributed by atoms with Gasteiger partial charge in [-0.1, -0.05) is 51.1 Å². The second-order valence-corrected chi connectivity index (χ2v) is 7.63. The van der Waals surface area contributed by atoms with Crippen LogP contribution < -0.4 is 5.32 Å². The van der Waals surface area contributed by atoms with E-state index < -0.39 is 0 Å². The third-order valence-electron chi connectivity index (χ3n) is 3.83. The van der Waals surface area contributed by atoms with Gasteiger partial charge in [-0.15, -0.1) is 11.3 Å². The fourth-order valence-electron chi connectivity index (χ4n) is 2.83. The van der Waals surface area contributed by atoms with Crippen LogP contribution in [0, 0.1) is 5.41 Å². The molecule has 0 fully saturated rings. The Morgan fingerprint density at radius 2 is 1.91 bits per heavy atom. The van der Waals surface area contributed by atoms with Crippen molar-refractivity contribution in [3.05, 3.63) is 59.6 Å². The topological polar surface area (TPSA) is 42.0 Å². The van der Waals surface area contributed by atoms with Crippen molar-refractivity contribution in [1.29, 1.82) is 0 Å². The fraction of sp³-hybridized carbons (Fsp3) is 0.263. The van der Waals surface area contributed by atoms with Crippen LogP contribution in [0.2, 0.25) is 0 Å². The molecule has 1 N–H and O–H groups in total. The molecule has 0 spiro atoms. The summed E-state index contributed by atoms with van der Waals surface area (Å²) in [6, 6.07) is 13.9. The van der Waals surface area contributed by atoms with E-state index in [2.05, 4.69) is 31.1 Å². The summed E-state index contributed by atoms with van der Waals surface area (Å²) >= 11 is 1.60. The Bertz CT molecular complexity index is 818. The first-order chi connectivity index (χ1) is 10.9. The van der Waals surface area contributed by atoms with Crippen LogP contribution in [-0.2, 0) is 4.79 Å². The van der Waals surface area contributed by atoms with Crippen molar-refractivity contribution in [3.8, 4) is 0 Å². The number of rotatable bonds is 3. The second-order valence-electron chi connectivity index (χ2n) is 6.74. The zero-order chi connectivity index (χ0) is 16.4. The Labute approximate surface area is 140 Å². The Hall–Kier alpha value is -2.20. The first-order valence-corrected chi connectivity index (χ1v) is 8.52. The number of nitrogens with zero attached hydrogens (tertiary/aromatic N) is 1. The van der Waals surface area contributed by atoms with Crippen LogP contribution in [0.5, 0.6) is 0 Å². The largest absolute Gasteiger partial charge is 0.324 e. The van der Waals surface area contributed by atoms with Crippen molar-refractivity contribution in [1.82, 2.24) is 4.98 Å². The van der Waals surface area contributed by atoms with Crippen molar-refractivity contribution in [2.45, 2.75) is 26.7 Å². The Balaban J connectivity index is 1.89. The lowest BCUT2D eigenvalue weighted by Gasteiger charge is -2.30. The lowest BCUT2D eigenvalue weighted by molar-refractivity contribution is -0.119. The highest BCUT2D eigenvalue weighted by Gasteiger charge is 2.32. The molecule has 4 heteroatoms. The van der Waals surface area contributed by atoms with E-state index in [0.717, 1.165) is 21.5 Å². The van der Waals surface area contributed by atoms with E-state index in [4.69, 9.17) is 0 Å². The number of aromatic nitrogens is 1. The Kier molecular flexibility index (Phi) is 4.18. The lowest BCUT2D eigenvalue weighted by Crippen LogP contribution is -2.31. The third-order valence-corrected chi connectivity index (χ3v) is 4.67. The van der Waals surface area contributed by atoms with E-state index in [0.29, 0.717) is 0 Å². The highest BCUT2D eigenvalue weighted by molar-refractivity contribution is 7.16. The number of benzene rings is 1. The molecule has 3 nitrogen and oxygen atoms in total. The lowest BCUT2D eigenvalue weighted by atomic mass is 9.76.